The molecule has 10 aromatic rings. The largest absolute Gasteiger partial charge is 0.456 e. The van der Waals surface area contributed by atoms with Gasteiger partial charge in [-0.1, -0.05) is 68.4 Å². The first-order chi connectivity index (χ1) is 25.4. The van der Waals surface area contributed by atoms with Crippen molar-refractivity contribution in [1.82, 2.24) is 9.13 Å². The standard InChI is InChI=1S/C47H28N4O/c1-47(2)39-9-5-3-7-31(39)33-15-16-34-32-8-4-6-10-40(32)51(46(34)45(33)47)30-14-20-44-38(24-30)37-23-29(13-19-43(37)52-44)50-41-17-11-27(25-48)21-35(41)36-22-28(26-49)12-18-42(36)50/h3-24H,1-2H3. The molecule has 0 saturated carbocycles. The Labute approximate surface area is 298 Å². The van der Waals surface area contributed by atoms with Crippen molar-refractivity contribution < 1.29 is 4.42 Å². The van der Waals surface area contributed by atoms with Gasteiger partial charge in [-0.15, -0.1) is 0 Å². The van der Waals surface area contributed by atoms with Crippen LogP contribution in [0.15, 0.2) is 138 Å². The van der Waals surface area contributed by atoms with E-state index in [1.54, 1.807) is 0 Å². The lowest BCUT2D eigenvalue weighted by Gasteiger charge is -2.23. The maximum atomic E-state index is 9.69. The molecule has 52 heavy (non-hydrogen) atoms. The number of rotatable bonds is 2. The summed E-state index contributed by atoms with van der Waals surface area (Å²) in [5, 5.41) is 25.8. The van der Waals surface area contributed by atoms with Gasteiger partial charge in [-0.2, -0.15) is 10.5 Å². The van der Waals surface area contributed by atoms with Crippen LogP contribution in [0.2, 0.25) is 0 Å². The number of hydrogen-bond acceptors (Lipinski definition) is 3. The molecule has 0 bridgehead atoms. The molecule has 1 aliphatic carbocycles. The van der Waals surface area contributed by atoms with E-state index in [2.05, 4.69) is 126 Å². The quantitative estimate of drug-likeness (QED) is 0.185. The lowest BCUT2D eigenvalue weighted by molar-refractivity contribution is 0.663. The average Bonchev–Trinajstić information content (AvgIpc) is 3.89. The molecule has 0 atom stereocenters. The van der Waals surface area contributed by atoms with Crippen molar-refractivity contribution in [2.45, 2.75) is 19.3 Å². The monoisotopic (exact) mass is 664 g/mol. The summed E-state index contributed by atoms with van der Waals surface area (Å²) in [6.45, 7) is 4.70. The molecule has 0 aliphatic heterocycles. The minimum Gasteiger partial charge on any atom is -0.456 e. The van der Waals surface area contributed by atoms with Crippen molar-refractivity contribution in [1.29, 1.82) is 10.5 Å². The smallest absolute Gasteiger partial charge is 0.135 e. The van der Waals surface area contributed by atoms with E-state index < -0.39 is 0 Å². The number of para-hydroxylation sites is 1. The molecule has 1 aliphatic rings. The number of furan rings is 1. The highest BCUT2D eigenvalue weighted by atomic mass is 16.3. The molecule has 0 spiro atoms. The predicted octanol–water partition coefficient (Wildman–Crippen LogP) is 11.8. The Morgan fingerprint density at radius 3 is 1.77 bits per heavy atom. The number of aromatic nitrogens is 2. The van der Waals surface area contributed by atoms with Gasteiger partial charge in [-0.3, -0.25) is 0 Å². The Bertz CT molecular complexity index is 3230. The van der Waals surface area contributed by atoms with Crippen LogP contribution in [-0.4, -0.2) is 9.13 Å². The molecule has 5 heteroatoms. The van der Waals surface area contributed by atoms with E-state index in [4.69, 9.17) is 4.42 Å². The normalized spacial score (nSPS) is 13.3. The highest BCUT2D eigenvalue weighted by Crippen LogP contribution is 2.53. The second-order valence-electron chi connectivity index (χ2n) is 14.4. The highest BCUT2D eigenvalue weighted by Gasteiger charge is 2.38. The summed E-state index contributed by atoms with van der Waals surface area (Å²) < 4.78 is 11.1. The van der Waals surface area contributed by atoms with Crippen LogP contribution in [0, 0.1) is 22.7 Å². The maximum Gasteiger partial charge on any atom is 0.135 e. The molecule has 11 rings (SSSR count). The molecule has 0 radical (unpaired) electrons. The molecule has 3 heterocycles. The first kappa shape index (κ1) is 28.7. The van der Waals surface area contributed by atoms with Crippen LogP contribution < -0.4 is 0 Å². The fourth-order valence-electron chi connectivity index (χ4n) is 9.05. The van der Waals surface area contributed by atoms with E-state index in [9.17, 15) is 10.5 Å². The van der Waals surface area contributed by atoms with E-state index in [0.717, 1.165) is 55.1 Å². The van der Waals surface area contributed by atoms with Crippen molar-refractivity contribution in [3.8, 4) is 34.6 Å². The minimum atomic E-state index is -0.177. The van der Waals surface area contributed by atoms with Gasteiger partial charge < -0.3 is 13.6 Å². The second-order valence-corrected chi connectivity index (χ2v) is 14.4. The Kier molecular flexibility index (Phi) is 5.53. The van der Waals surface area contributed by atoms with Crippen LogP contribution >= 0.6 is 0 Å². The topological polar surface area (TPSA) is 70.6 Å². The second kappa shape index (κ2) is 10.0. The van der Waals surface area contributed by atoms with Crippen molar-refractivity contribution in [3.63, 3.8) is 0 Å². The van der Waals surface area contributed by atoms with Crippen molar-refractivity contribution >= 4 is 65.6 Å². The van der Waals surface area contributed by atoms with E-state index in [-0.39, 0.29) is 5.41 Å². The minimum absolute atomic E-state index is 0.177. The number of nitriles is 2. The van der Waals surface area contributed by atoms with Gasteiger partial charge in [0, 0.05) is 49.1 Å². The molecule has 0 fully saturated rings. The number of benzene rings is 7. The molecule has 3 aromatic heterocycles. The Hall–Kier alpha value is -7.08. The van der Waals surface area contributed by atoms with Crippen LogP contribution in [-0.2, 0) is 5.41 Å². The number of nitrogens with zero attached hydrogens (tertiary/aromatic N) is 4. The van der Waals surface area contributed by atoms with E-state index in [0.29, 0.717) is 11.1 Å². The molecule has 0 unspecified atom stereocenters. The summed E-state index contributed by atoms with van der Waals surface area (Å²) in [6, 6.07) is 51.1. The highest BCUT2D eigenvalue weighted by molar-refractivity contribution is 6.14. The molecule has 0 amide bonds. The molecular weight excluding hydrogens is 637 g/mol. The zero-order chi connectivity index (χ0) is 34.9. The SMILES string of the molecule is CC1(C)c2ccccc2-c2ccc3c4ccccc4n(-c4ccc5oc6ccc(-n7c8ccc(C#N)cc8c8cc(C#N)ccc87)cc6c5c4)c3c21. The molecule has 242 valence electrons. The molecule has 7 aromatic carbocycles. The van der Waals surface area contributed by atoms with Crippen LogP contribution in [0.4, 0.5) is 0 Å². The first-order valence-electron chi connectivity index (χ1n) is 17.5. The molecular formula is C47H28N4O. The third-order valence-electron chi connectivity index (χ3n) is 11.3. The zero-order valence-corrected chi connectivity index (χ0v) is 28.4. The van der Waals surface area contributed by atoms with Gasteiger partial charge in [0.1, 0.15) is 11.2 Å². The molecule has 5 nitrogen and oxygen atoms in total. The van der Waals surface area contributed by atoms with Gasteiger partial charge in [0.15, 0.2) is 0 Å². The summed E-state index contributed by atoms with van der Waals surface area (Å²) >= 11 is 0. The van der Waals surface area contributed by atoms with Crippen LogP contribution in [0.25, 0.3) is 88.1 Å². The lowest BCUT2D eigenvalue weighted by Crippen LogP contribution is -2.16. The fraction of sp³-hybridized carbons (Fsp3) is 0.0638. The van der Waals surface area contributed by atoms with Crippen molar-refractivity contribution in [2.24, 2.45) is 0 Å². The van der Waals surface area contributed by atoms with Crippen molar-refractivity contribution in [3.05, 3.63) is 156 Å². The lowest BCUT2D eigenvalue weighted by atomic mass is 9.81. The van der Waals surface area contributed by atoms with Gasteiger partial charge in [0.05, 0.1) is 45.3 Å². The summed E-state index contributed by atoms with van der Waals surface area (Å²) in [7, 11) is 0. The van der Waals surface area contributed by atoms with Gasteiger partial charge >= 0.3 is 0 Å². The average molecular weight is 665 g/mol. The summed E-state index contributed by atoms with van der Waals surface area (Å²) in [5.74, 6) is 0. The Balaban J connectivity index is 1.18. The van der Waals surface area contributed by atoms with Crippen molar-refractivity contribution in [2.75, 3.05) is 0 Å². The third kappa shape index (κ3) is 3.64. The summed E-state index contributed by atoms with van der Waals surface area (Å²) in [4.78, 5) is 0. The Morgan fingerprint density at radius 1 is 0.500 bits per heavy atom. The fourth-order valence-corrected chi connectivity index (χ4v) is 9.05. The molecule has 0 N–H and O–H groups in total. The Morgan fingerprint density at radius 2 is 1.10 bits per heavy atom. The van der Waals surface area contributed by atoms with Gasteiger partial charge in [-0.25, -0.2) is 0 Å². The van der Waals surface area contributed by atoms with E-state index in [1.165, 1.54) is 44.1 Å². The zero-order valence-electron chi connectivity index (χ0n) is 28.4. The van der Waals surface area contributed by atoms with E-state index in [1.807, 2.05) is 42.5 Å². The maximum absolute atomic E-state index is 9.69. The summed E-state index contributed by atoms with van der Waals surface area (Å²) in [6.07, 6.45) is 0. The van der Waals surface area contributed by atoms with E-state index >= 15 is 0 Å². The van der Waals surface area contributed by atoms with Crippen LogP contribution in [0.1, 0.15) is 36.1 Å². The van der Waals surface area contributed by atoms with Gasteiger partial charge in [0.25, 0.3) is 0 Å². The number of hydrogen-bond donors (Lipinski definition) is 0. The molecule has 0 saturated heterocycles. The van der Waals surface area contributed by atoms with Crippen LogP contribution in [0.3, 0.4) is 0 Å². The summed E-state index contributed by atoms with van der Waals surface area (Å²) in [5.41, 5.74) is 14.4. The number of fused-ring (bicyclic) bond motifs is 13. The van der Waals surface area contributed by atoms with Gasteiger partial charge in [-0.05, 0) is 101 Å². The first-order valence-corrected chi connectivity index (χ1v) is 17.5. The van der Waals surface area contributed by atoms with Crippen LogP contribution in [0.5, 0.6) is 0 Å². The predicted molar refractivity (Wildman–Crippen MR) is 209 cm³/mol. The van der Waals surface area contributed by atoms with Gasteiger partial charge in [0.2, 0.25) is 0 Å². The third-order valence-corrected chi connectivity index (χ3v) is 11.3.